The number of aryl methyl sites for hydroxylation is 1. The molecule has 0 aliphatic heterocycles. The van der Waals surface area contributed by atoms with Crippen LogP contribution >= 0.6 is 11.8 Å². The van der Waals surface area contributed by atoms with Crippen molar-refractivity contribution in [3.05, 3.63) is 64.7 Å². The van der Waals surface area contributed by atoms with E-state index in [4.69, 9.17) is 0 Å². The fraction of sp³-hybridized carbons (Fsp3) is 0.188. The number of rotatable bonds is 4. The fourth-order valence-corrected chi connectivity index (χ4v) is 2.93. The monoisotopic (exact) mass is 310 g/mol. The van der Waals surface area contributed by atoms with Gasteiger partial charge in [-0.1, -0.05) is 35.9 Å². The van der Waals surface area contributed by atoms with Crippen LogP contribution in [0.2, 0.25) is 0 Å². The van der Waals surface area contributed by atoms with E-state index in [0.717, 1.165) is 29.0 Å². The molecule has 0 atom stereocenters. The first-order valence-electron chi connectivity index (χ1n) is 6.25. The molecule has 0 saturated carbocycles. The summed E-state index contributed by atoms with van der Waals surface area (Å²) in [6.07, 6.45) is -4.04. The van der Waals surface area contributed by atoms with Crippen molar-refractivity contribution in [3.63, 3.8) is 0 Å². The average molecular weight is 310 g/mol. The molecule has 0 aromatic heterocycles. The van der Waals surface area contributed by atoms with Crippen molar-refractivity contribution in [2.24, 2.45) is 0 Å². The van der Waals surface area contributed by atoms with Crippen LogP contribution in [-0.4, -0.2) is 6.29 Å². The fourth-order valence-electron chi connectivity index (χ4n) is 1.93. The smallest absolute Gasteiger partial charge is 0.298 e. The maximum absolute atomic E-state index is 13.0. The molecule has 2 rings (SSSR count). The van der Waals surface area contributed by atoms with E-state index in [-0.39, 0.29) is 10.5 Å². The summed E-state index contributed by atoms with van der Waals surface area (Å²) in [7, 11) is 0. The Hall–Kier alpha value is -1.75. The quantitative estimate of drug-likeness (QED) is 0.576. The Balaban J connectivity index is 2.25. The molecule has 5 heteroatoms. The Labute approximate surface area is 125 Å². The zero-order chi connectivity index (χ0) is 15.5. The maximum atomic E-state index is 13.0. The lowest BCUT2D eigenvalue weighted by molar-refractivity contribution is -0.139. The molecular weight excluding hydrogens is 297 g/mol. The Morgan fingerprint density at radius 1 is 1.14 bits per heavy atom. The van der Waals surface area contributed by atoms with Gasteiger partial charge in [0.1, 0.15) is 6.29 Å². The lowest BCUT2D eigenvalue weighted by Gasteiger charge is -2.13. The minimum Gasteiger partial charge on any atom is -0.298 e. The molecule has 0 aliphatic rings. The zero-order valence-corrected chi connectivity index (χ0v) is 12.1. The minimum absolute atomic E-state index is 0.0298. The second kappa shape index (κ2) is 6.35. The van der Waals surface area contributed by atoms with E-state index in [2.05, 4.69) is 0 Å². The molecular formula is C16H13F3OS. The summed E-state index contributed by atoms with van der Waals surface area (Å²) in [4.78, 5) is 10.8. The second-order valence-corrected chi connectivity index (χ2v) is 5.67. The lowest BCUT2D eigenvalue weighted by atomic mass is 10.1. The van der Waals surface area contributed by atoms with Gasteiger partial charge in [0.05, 0.1) is 5.56 Å². The van der Waals surface area contributed by atoms with Gasteiger partial charge in [0.25, 0.3) is 0 Å². The van der Waals surface area contributed by atoms with E-state index in [1.165, 1.54) is 12.1 Å². The lowest BCUT2D eigenvalue weighted by Crippen LogP contribution is -2.07. The van der Waals surface area contributed by atoms with E-state index < -0.39 is 11.7 Å². The second-order valence-electron chi connectivity index (χ2n) is 4.65. The van der Waals surface area contributed by atoms with Gasteiger partial charge in [-0.25, -0.2) is 0 Å². The number of carbonyl (C=O) groups is 1. The Kier molecular flexibility index (Phi) is 4.73. The molecule has 0 fully saturated rings. The predicted octanol–water partition coefficient (Wildman–Crippen LogP) is 5.12. The van der Waals surface area contributed by atoms with Crippen molar-refractivity contribution in [3.8, 4) is 0 Å². The summed E-state index contributed by atoms with van der Waals surface area (Å²) in [6.45, 7) is 1.94. The minimum atomic E-state index is -4.46. The van der Waals surface area contributed by atoms with E-state index in [0.29, 0.717) is 12.0 Å². The van der Waals surface area contributed by atoms with E-state index in [1.54, 1.807) is 0 Å². The molecule has 0 radical (unpaired) electrons. The number of carbonyl (C=O) groups excluding carboxylic acids is 1. The number of halogens is 3. The maximum Gasteiger partial charge on any atom is 0.417 e. The van der Waals surface area contributed by atoms with Crippen LogP contribution in [0.3, 0.4) is 0 Å². The van der Waals surface area contributed by atoms with Gasteiger partial charge in [-0.05, 0) is 24.6 Å². The van der Waals surface area contributed by atoms with Crippen LogP contribution in [0.4, 0.5) is 13.2 Å². The highest BCUT2D eigenvalue weighted by Gasteiger charge is 2.33. The van der Waals surface area contributed by atoms with Crippen LogP contribution in [0.25, 0.3) is 0 Å². The van der Waals surface area contributed by atoms with Gasteiger partial charge in [0, 0.05) is 16.2 Å². The molecule has 0 amide bonds. The summed E-state index contributed by atoms with van der Waals surface area (Å²) < 4.78 is 39.1. The van der Waals surface area contributed by atoms with Crippen molar-refractivity contribution in [2.75, 3.05) is 0 Å². The van der Waals surface area contributed by atoms with E-state index >= 15 is 0 Å². The molecule has 110 valence electrons. The summed E-state index contributed by atoms with van der Waals surface area (Å²) in [6, 6.07) is 11.3. The first-order valence-corrected chi connectivity index (χ1v) is 7.23. The van der Waals surface area contributed by atoms with Gasteiger partial charge < -0.3 is 0 Å². The SMILES string of the molecule is Cc1cccc(CSc2ccc(C=O)cc2C(F)(F)F)c1. The van der Waals surface area contributed by atoms with E-state index in [9.17, 15) is 18.0 Å². The number of aldehydes is 1. The van der Waals surface area contributed by atoms with Gasteiger partial charge in [0.2, 0.25) is 0 Å². The van der Waals surface area contributed by atoms with Crippen molar-refractivity contribution < 1.29 is 18.0 Å². The molecule has 0 unspecified atom stereocenters. The van der Waals surface area contributed by atoms with Gasteiger partial charge in [-0.15, -0.1) is 11.8 Å². The van der Waals surface area contributed by atoms with Crippen LogP contribution in [0.5, 0.6) is 0 Å². The van der Waals surface area contributed by atoms with Gasteiger partial charge in [0.15, 0.2) is 0 Å². The van der Waals surface area contributed by atoms with Crippen LogP contribution in [0, 0.1) is 6.92 Å². The number of benzene rings is 2. The standard InChI is InChI=1S/C16H13F3OS/c1-11-3-2-4-13(7-11)10-21-15-6-5-12(9-20)8-14(15)16(17,18)19/h2-9H,10H2,1H3. The first kappa shape index (κ1) is 15.6. The highest BCUT2D eigenvalue weighted by molar-refractivity contribution is 7.98. The number of hydrogen-bond donors (Lipinski definition) is 0. The first-order chi connectivity index (χ1) is 9.90. The molecule has 21 heavy (non-hydrogen) atoms. The summed E-state index contributed by atoms with van der Waals surface area (Å²) >= 11 is 1.12. The van der Waals surface area contributed by atoms with Crippen LogP contribution in [-0.2, 0) is 11.9 Å². The Morgan fingerprint density at radius 2 is 1.90 bits per heavy atom. The highest BCUT2D eigenvalue weighted by atomic mass is 32.2. The third-order valence-corrected chi connectivity index (χ3v) is 4.07. The van der Waals surface area contributed by atoms with Crippen LogP contribution in [0.1, 0.15) is 27.0 Å². The number of alkyl halides is 3. The van der Waals surface area contributed by atoms with Gasteiger partial charge in [-0.2, -0.15) is 13.2 Å². The number of hydrogen-bond acceptors (Lipinski definition) is 2. The van der Waals surface area contributed by atoms with Crippen LogP contribution in [0.15, 0.2) is 47.4 Å². The molecule has 0 aliphatic carbocycles. The third-order valence-electron chi connectivity index (χ3n) is 2.92. The van der Waals surface area contributed by atoms with Gasteiger partial charge >= 0.3 is 6.18 Å². The normalized spacial score (nSPS) is 11.4. The average Bonchev–Trinajstić information content (AvgIpc) is 2.44. The van der Waals surface area contributed by atoms with Crippen molar-refractivity contribution in [1.29, 1.82) is 0 Å². The molecule has 1 nitrogen and oxygen atoms in total. The summed E-state index contributed by atoms with van der Waals surface area (Å²) in [5.41, 5.74) is 1.31. The Morgan fingerprint density at radius 3 is 2.52 bits per heavy atom. The highest BCUT2D eigenvalue weighted by Crippen LogP contribution is 2.38. The third kappa shape index (κ3) is 4.11. The predicted molar refractivity (Wildman–Crippen MR) is 77.6 cm³/mol. The topological polar surface area (TPSA) is 17.1 Å². The van der Waals surface area contributed by atoms with Crippen LogP contribution < -0.4 is 0 Å². The summed E-state index contributed by atoms with van der Waals surface area (Å²) in [5.74, 6) is 0.450. The van der Waals surface area contributed by atoms with Crippen molar-refractivity contribution in [2.45, 2.75) is 23.7 Å². The van der Waals surface area contributed by atoms with Crippen molar-refractivity contribution >= 4 is 18.0 Å². The van der Waals surface area contributed by atoms with E-state index in [1.807, 2.05) is 31.2 Å². The number of thioether (sulfide) groups is 1. The molecule has 2 aromatic rings. The molecule has 0 heterocycles. The molecule has 0 saturated heterocycles. The molecule has 0 bridgehead atoms. The van der Waals surface area contributed by atoms with Crippen molar-refractivity contribution in [1.82, 2.24) is 0 Å². The Bertz CT molecular complexity index is 650. The summed E-state index contributed by atoms with van der Waals surface area (Å²) in [5, 5.41) is 0. The zero-order valence-electron chi connectivity index (χ0n) is 11.3. The molecule has 0 N–H and O–H groups in total. The molecule has 0 spiro atoms. The molecule has 2 aromatic carbocycles. The largest absolute Gasteiger partial charge is 0.417 e. The van der Waals surface area contributed by atoms with Gasteiger partial charge in [-0.3, -0.25) is 4.79 Å².